The summed E-state index contributed by atoms with van der Waals surface area (Å²) in [6, 6.07) is 4.21. The Labute approximate surface area is 115 Å². The molecular formula is C15H21FO2S. The van der Waals surface area contributed by atoms with Crippen LogP contribution < -0.4 is 0 Å². The van der Waals surface area contributed by atoms with Crippen molar-refractivity contribution in [3.05, 3.63) is 45.4 Å². The van der Waals surface area contributed by atoms with Crippen molar-refractivity contribution in [2.24, 2.45) is 0 Å². The summed E-state index contributed by atoms with van der Waals surface area (Å²) in [6.45, 7) is 7.58. The summed E-state index contributed by atoms with van der Waals surface area (Å²) in [5.41, 5.74) is 5.15. The first kappa shape index (κ1) is 15.9. The molecule has 106 valence electrons. The molecule has 0 fully saturated rings. The highest BCUT2D eigenvalue weighted by Crippen LogP contribution is 2.19. The number of unbranched alkanes of at least 4 members (excludes halogenated alkanes) is 1. The molecule has 0 aliphatic heterocycles. The Hall–Kier alpha value is -1.16. The van der Waals surface area contributed by atoms with E-state index in [1.54, 1.807) is 0 Å². The van der Waals surface area contributed by atoms with Crippen LogP contribution in [-0.2, 0) is 16.6 Å². The van der Waals surface area contributed by atoms with E-state index in [9.17, 15) is 12.3 Å². The van der Waals surface area contributed by atoms with Gasteiger partial charge in [-0.3, -0.25) is 0 Å². The highest BCUT2D eigenvalue weighted by Gasteiger charge is 2.09. The number of benzene rings is 1. The minimum atomic E-state index is -4.51. The van der Waals surface area contributed by atoms with E-state index in [0.717, 1.165) is 12.8 Å². The number of allylic oxidation sites excluding steroid dienone is 2. The van der Waals surface area contributed by atoms with Gasteiger partial charge in [-0.1, -0.05) is 18.2 Å². The second-order valence-corrected chi connectivity index (χ2v) is 6.46. The van der Waals surface area contributed by atoms with E-state index in [2.05, 4.69) is 32.9 Å². The van der Waals surface area contributed by atoms with Gasteiger partial charge in [0.15, 0.2) is 0 Å². The van der Waals surface area contributed by atoms with Gasteiger partial charge >= 0.3 is 10.2 Å². The molecule has 0 bridgehead atoms. The van der Waals surface area contributed by atoms with Gasteiger partial charge in [-0.2, -0.15) is 8.42 Å². The molecule has 1 rings (SSSR count). The first-order chi connectivity index (χ1) is 8.73. The summed E-state index contributed by atoms with van der Waals surface area (Å²) < 4.78 is 33.8. The second kappa shape index (κ2) is 6.33. The van der Waals surface area contributed by atoms with Gasteiger partial charge in [-0.25, -0.2) is 0 Å². The fourth-order valence-electron chi connectivity index (χ4n) is 1.98. The minimum Gasteiger partial charge on any atom is -0.190 e. The molecule has 0 N–H and O–H groups in total. The predicted octanol–water partition coefficient (Wildman–Crippen LogP) is 4.14. The van der Waals surface area contributed by atoms with Gasteiger partial charge < -0.3 is 0 Å². The molecule has 19 heavy (non-hydrogen) atoms. The summed E-state index contributed by atoms with van der Waals surface area (Å²) in [7, 11) is -4.51. The molecule has 0 heterocycles. The second-order valence-electron chi connectivity index (χ2n) is 4.94. The molecule has 2 nitrogen and oxygen atoms in total. The van der Waals surface area contributed by atoms with Crippen LogP contribution in [-0.4, -0.2) is 8.42 Å². The maximum Gasteiger partial charge on any atom is 0.327 e. The Bertz CT molecular complexity index is 586. The van der Waals surface area contributed by atoms with Crippen LogP contribution in [0.4, 0.5) is 3.89 Å². The van der Waals surface area contributed by atoms with Crippen molar-refractivity contribution < 1.29 is 12.3 Å². The fourth-order valence-corrected chi connectivity index (χ4v) is 2.30. The predicted molar refractivity (Wildman–Crippen MR) is 77.4 cm³/mol. The standard InChI is InChI=1S/C15H21FO2S/c1-11-9-10-15(14(4)13(11)3)8-6-5-7-12(2)19(16,17)18/h7,9-10H,5-6,8H2,1-4H3/b12-7-. The lowest BCUT2D eigenvalue weighted by molar-refractivity contribution is 0.559. The van der Waals surface area contributed by atoms with Crippen molar-refractivity contribution in [2.45, 2.75) is 47.0 Å². The Morgan fingerprint density at radius 3 is 2.42 bits per heavy atom. The van der Waals surface area contributed by atoms with Crippen molar-refractivity contribution in [1.82, 2.24) is 0 Å². The molecule has 0 saturated carbocycles. The maximum atomic E-state index is 12.6. The molecule has 0 unspecified atom stereocenters. The van der Waals surface area contributed by atoms with E-state index in [4.69, 9.17) is 0 Å². The number of hydrogen-bond donors (Lipinski definition) is 0. The van der Waals surface area contributed by atoms with E-state index in [1.807, 2.05) is 0 Å². The minimum absolute atomic E-state index is 0.190. The van der Waals surface area contributed by atoms with Crippen LogP contribution >= 0.6 is 0 Å². The third-order valence-electron chi connectivity index (χ3n) is 3.64. The van der Waals surface area contributed by atoms with E-state index < -0.39 is 10.2 Å². The van der Waals surface area contributed by atoms with Crippen molar-refractivity contribution >= 4 is 10.2 Å². The fraction of sp³-hybridized carbons (Fsp3) is 0.467. The van der Waals surface area contributed by atoms with E-state index in [1.165, 1.54) is 35.3 Å². The van der Waals surface area contributed by atoms with Crippen LogP contribution in [0, 0.1) is 20.8 Å². The maximum absolute atomic E-state index is 12.6. The zero-order valence-corrected chi connectivity index (χ0v) is 12.8. The molecule has 0 saturated heterocycles. The third-order valence-corrected chi connectivity index (χ3v) is 4.57. The Kier molecular flexibility index (Phi) is 5.29. The molecule has 1 aromatic carbocycles. The van der Waals surface area contributed by atoms with Crippen molar-refractivity contribution in [2.75, 3.05) is 0 Å². The van der Waals surface area contributed by atoms with Gasteiger partial charge in [0.05, 0.1) is 4.91 Å². The van der Waals surface area contributed by atoms with Crippen LogP contribution in [0.15, 0.2) is 23.1 Å². The summed E-state index contributed by atoms with van der Waals surface area (Å²) in [5.74, 6) is 0. The molecule has 0 radical (unpaired) electrons. The largest absolute Gasteiger partial charge is 0.327 e. The molecule has 0 aliphatic rings. The molecule has 0 aliphatic carbocycles. The molecule has 0 spiro atoms. The quantitative estimate of drug-likeness (QED) is 0.601. The number of halogens is 1. The lowest BCUT2D eigenvalue weighted by Crippen LogP contribution is -1.95. The van der Waals surface area contributed by atoms with E-state index in [-0.39, 0.29) is 4.91 Å². The molecular weight excluding hydrogens is 263 g/mol. The Morgan fingerprint density at radius 2 is 1.84 bits per heavy atom. The number of aryl methyl sites for hydroxylation is 2. The number of hydrogen-bond acceptors (Lipinski definition) is 2. The van der Waals surface area contributed by atoms with Crippen LogP contribution in [0.3, 0.4) is 0 Å². The summed E-state index contributed by atoms with van der Waals surface area (Å²) in [4.78, 5) is -0.190. The first-order valence-corrected chi connectivity index (χ1v) is 7.79. The van der Waals surface area contributed by atoms with Crippen molar-refractivity contribution in [1.29, 1.82) is 0 Å². The lowest BCUT2D eigenvalue weighted by atomic mass is 9.95. The van der Waals surface area contributed by atoms with Gasteiger partial charge in [0.2, 0.25) is 0 Å². The summed E-state index contributed by atoms with van der Waals surface area (Å²) in [6.07, 6.45) is 3.71. The summed E-state index contributed by atoms with van der Waals surface area (Å²) >= 11 is 0. The van der Waals surface area contributed by atoms with Gasteiger partial charge in [0.25, 0.3) is 0 Å². The van der Waals surface area contributed by atoms with Gasteiger partial charge in [0, 0.05) is 0 Å². The first-order valence-electron chi connectivity index (χ1n) is 6.40. The van der Waals surface area contributed by atoms with Crippen LogP contribution in [0.1, 0.15) is 42.0 Å². The van der Waals surface area contributed by atoms with Crippen molar-refractivity contribution in [3.8, 4) is 0 Å². The number of rotatable bonds is 5. The molecule has 1 aromatic rings. The van der Waals surface area contributed by atoms with E-state index >= 15 is 0 Å². The van der Waals surface area contributed by atoms with Crippen LogP contribution in [0.5, 0.6) is 0 Å². The van der Waals surface area contributed by atoms with Crippen molar-refractivity contribution in [3.63, 3.8) is 0 Å². The average molecular weight is 284 g/mol. The van der Waals surface area contributed by atoms with Gasteiger partial charge in [0.1, 0.15) is 0 Å². The third kappa shape index (κ3) is 4.46. The Balaban J connectivity index is 2.63. The zero-order chi connectivity index (χ0) is 14.6. The molecule has 0 amide bonds. The van der Waals surface area contributed by atoms with Crippen LogP contribution in [0.25, 0.3) is 0 Å². The average Bonchev–Trinajstić information content (AvgIpc) is 2.32. The lowest BCUT2D eigenvalue weighted by Gasteiger charge is -2.10. The molecule has 0 atom stereocenters. The molecule has 0 aromatic heterocycles. The monoisotopic (exact) mass is 284 g/mol. The Morgan fingerprint density at radius 1 is 1.21 bits per heavy atom. The normalized spacial score (nSPS) is 12.8. The smallest absolute Gasteiger partial charge is 0.190 e. The topological polar surface area (TPSA) is 34.1 Å². The molecule has 4 heteroatoms. The highest BCUT2D eigenvalue weighted by atomic mass is 32.3. The highest BCUT2D eigenvalue weighted by molar-refractivity contribution is 7.90. The SMILES string of the molecule is C/C(=C/CCCc1ccc(C)c(C)c1C)S(=O)(=O)F. The zero-order valence-electron chi connectivity index (χ0n) is 12.0. The van der Waals surface area contributed by atoms with Gasteiger partial charge in [-0.15, -0.1) is 3.89 Å². The van der Waals surface area contributed by atoms with E-state index in [0.29, 0.717) is 6.42 Å². The van der Waals surface area contributed by atoms with Gasteiger partial charge in [-0.05, 0) is 69.2 Å². The summed E-state index contributed by atoms with van der Waals surface area (Å²) in [5, 5.41) is 0. The van der Waals surface area contributed by atoms with Crippen LogP contribution in [0.2, 0.25) is 0 Å².